The summed E-state index contributed by atoms with van der Waals surface area (Å²) < 4.78 is 7.16. The Morgan fingerprint density at radius 3 is 2.35 bits per heavy atom. The van der Waals surface area contributed by atoms with Crippen molar-refractivity contribution in [3.05, 3.63) is 64.5 Å². The molecular weight excluding hydrogens is 506 g/mol. The Morgan fingerprint density at radius 1 is 1.08 bits per heavy atom. The van der Waals surface area contributed by atoms with Crippen molar-refractivity contribution in [1.29, 1.82) is 0 Å². The molecule has 3 rings (SSSR count). The molecule has 2 N–H and O–H groups in total. The largest absolute Gasteiger partial charge is 0.497 e. The van der Waals surface area contributed by atoms with Crippen LogP contribution in [0.3, 0.4) is 0 Å². The van der Waals surface area contributed by atoms with Crippen LogP contribution in [-0.4, -0.2) is 51.5 Å². The zero-order valence-corrected chi connectivity index (χ0v) is 23.9. The predicted octanol–water partition coefficient (Wildman–Crippen LogP) is 5.19. The van der Waals surface area contributed by atoms with Gasteiger partial charge in [0.2, 0.25) is 5.91 Å². The Labute approximate surface area is 227 Å². The highest BCUT2D eigenvalue weighted by Crippen LogP contribution is 2.26. The van der Waals surface area contributed by atoms with Gasteiger partial charge in [0.1, 0.15) is 5.75 Å². The molecule has 0 aliphatic carbocycles. The molecule has 2 amide bonds. The highest BCUT2D eigenvalue weighted by Gasteiger charge is 2.23. The molecule has 0 spiro atoms. The SMILES string of the molecule is CCn1c(SCC(=O)Nc2c(C)cc(C)cc2C)nnc1[C@@H](CCSC)NC(=O)c1ccc(OC)cc1. The van der Waals surface area contributed by atoms with E-state index >= 15 is 0 Å². The summed E-state index contributed by atoms with van der Waals surface area (Å²) in [4.78, 5) is 25.7. The van der Waals surface area contributed by atoms with E-state index in [2.05, 4.69) is 33.0 Å². The molecule has 198 valence electrons. The smallest absolute Gasteiger partial charge is 0.251 e. The van der Waals surface area contributed by atoms with Crippen molar-refractivity contribution in [2.45, 2.75) is 51.9 Å². The van der Waals surface area contributed by atoms with Crippen molar-refractivity contribution in [2.75, 3.05) is 30.2 Å². The van der Waals surface area contributed by atoms with Crippen LogP contribution in [0.1, 0.15) is 52.3 Å². The number of methoxy groups -OCH3 is 1. The van der Waals surface area contributed by atoms with Crippen molar-refractivity contribution in [2.24, 2.45) is 0 Å². The third kappa shape index (κ3) is 7.52. The van der Waals surface area contributed by atoms with Gasteiger partial charge in [-0.3, -0.25) is 9.59 Å². The number of nitrogens with one attached hydrogen (secondary N) is 2. The molecule has 0 radical (unpaired) electrons. The molecule has 0 unspecified atom stereocenters. The second-order valence-corrected chi connectivity index (χ2v) is 10.7. The summed E-state index contributed by atoms with van der Waals surface area (Å²) in [5.74, 6) is 2.16. The van der Waals surface area contributed by atoms with Crippen LogP contribution in [0.25, 0.3) is 0 Å². The van der Waals surface area contributed by atoms with E-state index in [1.54, 1.807) is 43.1 Å². The number of nitrogens with zero attached hydrogens (tertiary/aromatic N) is 3. The van der Waals surface area contributed by atoms with Gasteiger partial charge >= 0.3 is 0 Å². The number of amides is 2. The molecule has 1 heterocycles. The first-order valence-corrected chi connectivity index (χ1v) is 14.5. The number of carbonyl (C=O) groups excluding carboxylic acids is 2. The Kier molecular flexibility index (Phi) is 10.5. The second-order valence-electron chi connectivity index (χ2n) is 8.73. The van der Waals surface area contributed by atoms with Crippen molar-refractivity contribution in [3.63, 3.8) is 0 Å². The van der Waals surface area contributed by atoms with Crippen LogP contribution in [0, 0.1) is 20.8 Å². The lowest BCUT2D eigenvalue weighted by atomic mass is 10.1. The van der Waals surface area contributed by atoms with Gasteiger partial charge in [-0.25, -0.2) is 0 Å². The standard InChI is InChI=1S/C27H35N5O3S2/c1-7-32-25(22(12-13-36-6)28-26(34)20-8-10-21(35-5)11-9-20)30-31-27(32)37-16-23(33)29-24-18(3)14-17(2)15-19(24)4/h8-11,14-15,22H,7,12-13,16H2,1-6H3,(H,28,34)(H,29,33)/t22-/m1/s1. The Balaban J connectivity index is 1.72. The number of hydrogen-bond acceptors (Lipinski definition) is 7. The third-order valence-electron chi connectivity index (χ3n) is 5.92. The fraction of sp³-hybridized carbons (Fsp3) is 0.407. The molecule has 8 nitrogen and oxygen atoms in total. The average molecular weight is 542 g/mol. The van der Waals surface area contributed by atoms with Gasteiger partial charge < -0.3 is 19.9 Å². The van der Waals surface area contributed by atoms with E-state index in [4.69, 9.17) is 4.74 Å². The number of hydrogen-bond donors (Lipinski definition) is 2. The highest BCUT2D eigenvalue weighted by molar-refractivity contribution is 7.99. The van der Waals surface area contributed by atoms with Gasteiger partial charge in [0.05, 0.1) is 18.9 Å². The summed E-state index contributed by atoms with van der Waals surface area (Å²) in [5.41, 5.74) is 4.65. The molecule has 1 aromatic heterocycles. The van der Waals surface area contributed by atoms with E-state index in [-0.39, 0.29) is 23.6 Å². The lowest BCUT2D eigenvalue weighted by Gasteiger charge is -2.19. The first kappa shape index (κ1) is 28.6. The Bertz CT molecular complexity index is 1200. The average Bonchev–Trinajstić information content (AvgIpc) is 3.30. The monoisotopic (exact) mass is 541 g/mol. The van der Waals surface area contributed by atoms with Gasteiger partial charge in [-0.2, -0.15) is 11.8 Å². The normalized spacial score (nSPS) is 11.7. The molecule has 0 saturated heterocycles. The maximum Gasteiger partial charge on any atom is 0.251 e. The minimum atomic E-state index is -0.310. The molecule has 3 aromatic rings. The lowest BCUT2D eigenvalue weighted by Crippen LogP contribution is -2.31. The van der Waals surface area contributed by atoms with Crippen LogP contribution < -0.4 is 15.4 Å². The van der Waals surface area contributed by atoms with Crippen molar-refractivity contribution in [3.8, 4) is 5.75 Å². The summed E-state index contributed by atoms with van der Waals surface area (Å²) in [5, 5.41) is 15.6. The number of aryl methyl sites for hydroxylation is 3. The Hall–Kier alpha value is -2.98. The lowest BCUT2D eigenvalue weighted by molar-refractivity contribution is -0.113. The number of anilines is 1. The van der Waals surface area contributed by atoms with Gasteiger partial charge in [-0.05, 0) is 81.5 Å². The summed E-state index contributed by atoms with van der Waals surface area (Å²) in [6, 6.07) is 10.8. The first-order valence-electron chi connectivity index (χ1n) is 12.1. The fourth-order valence-corrected chi connectivity index (χ4v) is 5.41. The van der Waals surface area contributed by atoms with Crippen molar-refractivity contribution >= 4 is 41.0 Å². The van der Waals surface area contributed by atoms with Gasteiger partial charge in [0, 0.05) is 17.8 Å². The van der Waals surface area contributed by atoms with E-state index in [0.717, 1.165) is 22.6 Å². The molecule has 10 heteroatoms. The van der Waals surface area contributed by atoms with Crippen LogP contribution in [0.5, 0.6) is 5.75 Å². The van der Waals surface area contributed by atoms with E-state index < -0.39 is 0 Å². The molecule has 2 aromatic carbocycles. The number of aromatic nitrogens is 3. The second kappa shape index (κ2) is 13.5. The maximum atomic E-state index is 13.0. The molecule has 0 fully saturated rings. The van der Waals surface area contributed by atoms with Gasteiger partial charge in [0.15, 0.2) is 11.0 Å². The molecule has 1 atom stereocenters. The number of benzene rings is 2. The third-order valence-corrected chi connectivity index (χ3v) is 7.53. The fourth-order valence-electron chi connectivity index (χ4n) is 4.13. The summed E-state index contributed by atoms with van der Waals surface area (Å²) in [6.45, 7) is 8.67. The van der Waals surface area contributed by atoms with Crippen molar-refractivity contribution < 1.29 is 14.3 Å². The number of carbonyl (C=O) groups is 2. The first-order chi connectivity index (χ1) is 17.8. The maximum absolute atomic E-state index is 13.0. The van der Waals surface area contributed by atoms with Crippen LogP contribution in [-0.2, 0) is 11.3 Å². The zero-order valence-electron chi connectivity index (χ0n) is 22.3. The number of thioether (sulfide) groups is 2. The number of rotatable bonds is 12. The van der Waals surface area contributed by atoms with Crippen LogP contribution in [0.15, 0.2) is 41.6 Å². The minimum absolute atomic E-state index is 0.0982. The molecule has 0 bridgehead atoms. The predicted molar refractivity (Wildman–Crippen MR) is 152 cm³/mol. The van der Waals surface area contributed by atoms with Crippen LogP contribution >= 0.6 is 23.5 Å². The van der Waals surface area contributed by atoms with E-state index in [0.29, 0.717) is 35.3 Å². The quantitative estimate of drug-likeness (QED) is 0.305. The van der Waals surface area contributed by atoms with Crippen LogP contribution in [0.2, 0.25) is 0 Å². The summed E-state index contributed by atoms with van der Waals surface area (Å²) >= 11 is 3.05. The van der Waals surface area contributed by atoms with Gasteiger partial charge in [0.25, 0.3) is 5.91 Å². The zero-order chi connectivity index (χ0) is 26.9. The van der Waals surface area contributed by atoms with Gasteiger partial charge in [-0.1, -0.05) is 29.5 Å². The highest BCUT2D eigenvalue weighted by atomic mass is 32.2. The van der Waals surface area contributed by atoms with E-state index in [9.17, 15) is 9.59 Å². The van der Waals surface area contributed by atoms with E-state index in [1.807, 2.05) is 38.5 Å². The molecule has 37 heavy (non-hydrogen) atoms. The van der Waals surface area contributed by atoms with Gasteiger partial charge in [-0.15, -0.1) is 10.2 Å². The molecule has 0 aliphatic rings. The molecule has 0 saturated carbocycles. The van der Waals surface area contributed by atoms with Crippen LogP contribution in [0.4, 0.5) is 5.69 Å². The van der Waals surface area contributed by atoms with E-state index in [1.165, 1.54) is 17.3 Å². The number of ether oxygens (including phenoxy) is 1. The Morgan fingerprint density at radius 2 is 1.76 bits per heavy atom. The molecule has 0 aliphatic heterocycles. The molecular formula is C27H35N5O3S2. The summed E-state index contributed by atoms with van der Waals surface area (Å²) in [7, 11) is 1.59. The summed E-state index contributed by atoms with van der Waals surface area (Å²) in [6.07, 6.45) is 2.74. The topological polar surface area (TPSA) is 98.1 Å². The minimum Gasteiger partial charge on any atom is -0.497 e. The van der Waals surface area contributed by atoms with Crippen molar-refractivity contribution in [1.82, 2.24) is 20.1 Å².